The number of ether oxygens (including phenoxy) is 1. The van der Waals surface area contributed by atoms with Crippen molar-refractivity contribution < 1.29 is 4.74 Å². The Balaban J connectivity index is 1.88. The fraction of sp³-hybridized carbons (Fsp3) is 0.357. The van der Waals surface area contributed by atoms with Gasteiger partial charge in [-0.1, -0.05) is 18.2 Å². The summed E-state index contributed by atoms with van der Waals surface area (Å²) in [6, 6.07) is 8.24. The van der Waals surface area contributed by atoms with Crippen molar-refractivity contribution in [2.45, 2.75) is 25.9 Å². The van der Waals surface area contributed by atoms with Gasteiger partial charge in [0.05, 0.1) is 12.3 Å². The van der Waals surface area contributed by atoms with Crippen molar-refractivity contribution in [2.75, 3.05) is 6.61 Å². The standard InChI is InChI=1S/C14H17N3O/c1-10-16-7-12(6-15)17(10)8-11-9-18-14-5-3-2-4-13(11)14/h2-5,7,11H,6,8-9,15H2,1H3. The maximum Gasteiger partial charge on any atom is 0.122 e. The number of imidazole rings is 1. The van der Waals surface area contributed by atoms with E-state index >= 15 is 0 Å². The summed E-state index contributed by atoms with van der Waals surface area (Å²) < 4.78 is 7.90. The van der Waals surface area contributed by atoms with Gasteiger partial charge in [-0.15, -0.1) is 0 Å². The van der Waals surface area contributed by atoms with Crippen LogP contribution in [0.25, 0.3) is 0 Å². The van der Waals surface area contributed by atoms with Gasteiger partial charge in [-0.2, -0.15) is 0 Å². The Bertz CT molecular complexity index is 562. The molecule has 0 saturated heterocycles. The van der Waals surface area contributed by atoms with Gasteiger partial charge in [0.15, 0.2) is 0 Å². The second-order valence-corrected chi connectivity index (χ2v) is 4.66. The van der Waals surface area contributed by atoms with E-state index in [0.29, 0.717) is 12.5 Å². The van der Waals surface area contributed by atoms with Gasteiger partial charge >= 0.3 is 0 Å². The largest absolute Gasteiger partial charge is 0.493 e. The summed E-state index contributed by atoms with van der Waals surface area (Å²) in [6.45, 7) is 4.16. The van der Waals surface area contributed by atoms with Crippen molar-refractivity contribution in [3.05, 3.63) is 47.5 Å². The number of nitrogens with two attached hydrogens (primary N) is 1. The van der Waals surface area contributed by atoms with Crippen LogP contribution in [0.1, 0.15) is 23.0 Å². The molecule has 2 heterocycles. The van der Waals surface area contributed by atoms with Gasteiger partial charge in [0.25, 0.3) is 0 Å². The SMILES string of the molecule is Cc1ncc(CN)n1CC1COc2ccccc21. The number of aryl methyl sites for hydroxylation is 1. The highest BCUT2D eigenvalue weighted by Gasteiger charge is 2.24. The molecular weight excluding hydrogens is 226 g/mol. The van der Waals surface area contributed by atoms with E-state index in [1.165, 1.54) is 5.56 Å². The van der Waals surface area contributed by atoms with Crippen LogP contribution in [-0.4, -0.2) is 16.2 Å². The van der Waals surface area contributed by atoms with Gasteiger partial charge in [0.1, 0.15) is 11.6 Å². The first-order valence-electron chi connectivity index (χ1n) is 6.22. The van der Waals surface area contributed by atoms with Crippen LogP contribution < -0.4 is 10.5 Å². The molecule has 0 saturated carbocycles. The highest BCUT2D eigenvalue weighted by atomic mass is 16.5. The minimum atomic E-state index is 0.388. The molecule has 2 N–H and O–H groups in total. The van der Waals surface area contributed by atoms with Crippen molar-refractivity contribution in [2.24, 2.45) is 5.73 Å². The fourth-order valence-corrected chi connectivity index (χ4v) is 2.53. The molecule has 1 atom stereocenters. The molecule has 0 aliphatic carbocycles. The molecule has 1 aromatic heterocycles. The number of benzene rings is 1. The van der Waals surface area contributed by atoms with Gasteiger partial charge in [-0.05, 0) is 13.0 Å². The van der Waals surface area contributed by atoms with Crippen LogP contribution in [0.5, 0.6) is 5.75 Å². The van der Waals surface area contributed by atoms with Crippen LogP contribution >= 0.6 is 0 Å². The zero-order valence-electron chi connectivity index (χ0n) is 10.5. The number of nitrogens with zero attached hydrogens (tertiary/aromatic N) is 2. The molecule has 1 unspecified atom stereocenters. The summed E-state index contributed by atoms with van der Waals surface area (Å²) >= 11 is 0. The Labute approximate surface area is 106 Å². The smallest absolute Gasteiger partial charge is 0.122 e. The lowest BCUT2D eigenvalue weighted by molar-refractivity contribution is 0.317. The monoisotopic (exact) mass is 243 g/mol. The topological polar surface area (TPSA) is 53.1 Å². The van der Waals surface area contributed by atoms with Crippen molar-refractivity contribution in [3.8, 4) is 5.75 Å². The van der Waals surface area contributed by atoms with Crippen LogP contribution in [0.2, 0.25) is 0 Å². The summed E-state index contributed by atoms with van der Waals surface area (Å²) in [5.41, 5.74) is 8.11. The van der Waals surface area contributed by atoms with Crippen molar-refractivity contribution in [1.29, 1.82) is 0 Å². The second kappa shape index (κ2) is 4.46. The minimum absolute atomic E-state index is 0.388. The molecule has 0 radical (unpaired) electrons. The average molecular weight is 243 g/mol. The molecule has 1 aliphatic rings. The quantitative estimate of drug-likeness (QED) is 0.894. The summed E-state index contributed by atoms with van der Waals surface area (Å²) in [6.07, 6.45) is 1.86. The number of rotatable bonds is 3. The molecular formula is C14H17N3O. The van der Waals surface area contributed by atoms with Crippen molar-refractivity contribution >= 4 is 0 Å². The number of hydrogen-bond acceptors (Lipinski definition) is 3. The van der Waals surface area contributed by atoms with Crippen LogP contribution in [-0.2, 0) is 13.1 Å². The van der Waals surface area contributed by atoms with E-state index in [0.717, 1.165) is 30.4 Å². The van der Waals surface area contributed by atoms with E-state index in [2.05, 4.69) is 21.7 Å². The maximum absolute atomic E-state index is 5.74. The first-order chi connectivity index (χ1) is 8.79. The molecule has 0 fully saturated rings. The third-order valence-electron chi connectivity index (χ3n) is 3.55. The van der Waals surface area contributed by atoms with E-state index in [1.54, 1.807) is 0 Å². The van der Waals surface area contributed by atoms with Crippen molar-refractivity contribution in [3.63, 3.8) is 0 Å². The summed E-state index contributed by atoms with van der Waals surface area (Å²) in [7, 11) is 0. The predicted octanol–water partition coefficient (Wildman–Crippen LogP) is 1.83. The van der Waals surface area contributed by atoms with E-state index in [-0.39, 0.29) is 0 Å². The zero-order valence-corrected chi connectivity index (χ0v) is 10.5. The molecule has 0 spiro atoms. The molecule has 2 aromatic rings. The number of fused-ring (bicyclic) bond motifs is 1. The van der Waals surface area contributed by atoms with Crippen LogP contribution in [0, 0.1) is 6.92 Å². The maximum atomic E-state index is 5.74. The molecule has 1 aromatic carbocycles. The Morgan fingerprint density at radius 3 is 3.11 bits per heavy atom. The highest BCUT2D eigenvalue weighted by Crippen LogP contribution is 2.34. The first kappa shape index (κ1) is 11.3. The molecule has 18 heavy (non-hydrogen) atoms. The van der Waals surface area contributed by atoms with E-state index in [4.69, 9.17) is 10.5 Å². The third kappa shape index (κ3) is 1.78. The predicted molar refractivity (Wildman–Crippen MR) is 69.5 cm³/mol. The lowest BCUT2D eigenvalue weighted by Crippen LogP contribution is -2.15. The molecule has 1 aliphatic heterocycles. The molecule has 3 rings (SSSR count). The summed E-state index contributed by atoms with van der Waals surface area (Å²) in [5.74, 6) is 2.41. The third-order valence-corrected chi connectivity index (χ3v) is 3.55. The molecule has 0 amide bonds. The zero-order chi connectivity index (χ0) is 12.5. The summed E-state index contributed by atoms with van der Waals surface area (Å²) in [4.78, 5) is 4.33. The lowest BCUT2D eigenvalue weighted by Gasteiger charge is -2.14. The van der Waals surface area contributed by atoms with E-state index < -0.39 is 0 Å². The Hall–Kier alpha value is -1.81. The van der Waals surface area contributed by atoms with Crippen LogP contribution in [0.3, 0.4) is 0 Å². The van der Waals surface area contributed by atoms with Gasteiger partial charge in [0, 0.05) is 30.8 Å². The first-order valence-corrected chi connectivity index (χ1v) is 6.22. The molecule has 4 nitrogen and oxygen atoms in total. The van der Waals surface area contributed by atoms with Crippen LogP contribution in [0.15, 0.2) is 30.5 Å². The normalized spacial score (nSPS) is 17.6. The Morgan fingerprint density at radius 2 is 2.28 bits per heavy atom. The van der Waals surface area contributed by atoms with Gasteiger partial charge in [0.2, 0.25) is 0 Å². The van der Waals surface area contributed by atoms with Crippen LogP contribution in [0.4, 0.5) is 0 Å². The minimum Gasteiger partial charge on any atom is -0.493 e. The van der Waals surface area contributed by atoms with Gasteiger partial charge in [-0.3, -0.25) is 0 Å². The molecule has 94 valence electrons. The van der Waals surface area contributed by atoms with E-state index in [9.17, 15) is 0 Å². The Morgan fingerprint density at radius 1 is 1.44 bits per heavy atom. The van der Waals surface area contributed by atoms with Crippen molar-refractivity contribution in [1.82, 2.24) is 9.55 Å². The average Bonchev–Trinajstić information content (AvgIpc) is 2.96. The van der Waals surface area contributed by atoms with Gasteiger partial charge < -0.3 is 15.0 Å². The number of hydrogen-bond donors (Lipinski definition) is 1. The lowest BCUT2D eigenvalue weighted by atomic mass is 10.0. The Kier molecular flexibility index (Phi) is 2.80. The van der Waals surface area contributed by atoms with Gasteiger partial charge in [-0.25, -0.2) is 4.98 Å². The fourth-order valence-electron chi connectivity index (χ4n) is 2.53. The number of aromatic nitrogens is 2. The molecule has 0 bridgehead atoms. The molecule has 4 heteroatoms. The number of para-hydroxylation sites is 1. The van der Waals surface area contributed by atoms with E-state index in [1.807, 2.05) is 25.3 Å². The highest BCUT2D eigenvalue weighted by molar-refractivity contribution is 5.39. The second-order valence-electron chi connectivity index (χ2n) is 4.66. The summed E-state index contributed by atoms with van der Waals surface area (Å²) in [5, 5.41) is 0.